The zero-order valence-corrected chi connectivity index (χ0v) is 14.7. The largest absolute Gasteiger partial charge is 0.281 e. The molecular weight excluding hydrogens is 365 g/mol. The number of rotatable bonds is 4. The molecule has 4 nitrogen and oxygen atoms in total. The van der Waals surface area contributed by atoms with E-state index in [1.807, 2.05) is 12.1 Å². The third-order valence-corrected chi connectivity index (χ3v) is 5.15. The van der Waals surface area contributed by atoms with Crippen LogP contribution in [0.4, 0.5) is 0 Å². The van der Waals surface area contributed by atoms with Gasteiger partial charge < -0.3 is 0 Å². The molecule has 0 aliphatic rings. The van der Waals surface area contributed by atoms with Gasteiger partial charge >= 0.3 is 0 Å². The van der Waals surface area contributed by atoms with E-state index < -0.39 is 0 Å². The predicted octanol–water partition coefficient (Wildman–Crippen LogP) is 4.52. The first-order valence-electron chi connectivity index (χ1n) is 7.03. The van der Waals surface area contributed by atoms with E-state index in [0.29, 0.717) is 32.5 Å². The maximum atomic E-state index is 12.6. The van der Waals surface area contributed by atoms with E-state index in [2.05, 4.69) is 4.98 Å². The van der Waals surface area contributed by atoms with E-state index in [9.17, 15) is 4.79 Å². The molecule has 0 unspecified atom stereocenters. The summed E-state index contributed by atoms with van der Waals surface area (Å²) in [4.78, 5) is 17.9. The van der Waals surface area contributed by atoms with Crippen LogP contribution in [0.25, 0.3) is 10.9 Å². The highest BCUT2D eigenvalue weighted by atomic mass is 35.5. The number of nitriles is 1. The molecule has 0 atom stereocenters. The lowest BCUT2D eigenvalue weighted by Crippen LogP contribution is -2.24. The zero-order valence-electron chi connectivity index (χ0n) is 12.4. The van der Waals surface area contributed by atoms with Crippen LogP contribution in [-0.2, 0) is 12.3 Å². The first-order chi connectivity index (χ1) is 11.6. The molecule has 0 bridgehead atoms. The smallest absolute Gasteiger partial charge is 0.262 e. The van der Waals surface area contributed by atoms with Gasteiger partial charge in [0.15, 0.2) is 0 Å². The molecule has 1 heterocycles. The summed E-state index contributed by atoms with van der Waals surface area (Å²) in [7, 11) is 0. The Balaban J connectivity index is 2.02. The summed E-state index contributed by atoms with van der Waals surface area (Å²) < 4.78 is 1.40. The van der Waals surface area contributed by atoms with Gasteiger partial charge in [0.1, 0.15) is 12.4 Å². The number of fused-ring (bicyclic) bond motifs is 1. The summed E-state index contributed by atoms with van der Waals surface area (Å²) in [5.41, 5.74) is 0.402. The number of thioether (sulfide) groups is 1. The van der Waals surface area contributed by atoms with Gasteiger partial charge in [0, 0.05) is 9.92 Å². The third kappa shape index (κ3) is 3.41. The van der Waals surface area contributed by atoms with Crippen molar-refractivity contribution in [2.45, 2.75) is 17.2 Å². The van der Waals surface area contributed by atoms with Gasteiger partial charge in [0.2, 0.25) is 0 Å². The molecule has 0 amide bonds. The maximum absolute atomic E-state index is 12.6. The fraction of sp³-hybridized carbons (Fsp3) is 0.118. The SMILES string of the molecule is N#CCn1c(CSc2cc(Cl)ccc2Cl)nc2ccccc2c1=O. The van der Waals surface area contributed by atoms with E-state index in [1.54, 1.807) is 36.4 Å². The van der Waals surface area contributed by atoms with E-state index in [-0.39, 0.29) is 12.1 Å². The number of nitrogens with zero attached hydrogens (tertiary/aromatic N) is 3. The van der Waals surface area contributed by atoms with Crippen LogP contribution in [-0.4, -0.2) is 9.55 Å². The average Bonchev–Trinajstić information content (AvgIpc) is 2.58. The lowest BCUT2D eigenvalue weighted by atomic mass is 10.2. The Morgan fingerprint density at radius 3 is 2.79 bits per heavy atom. The van der Waals surface area contributed by atoms with Crippen LogP contribution in [0, 0.1) is 11.3 Å². The quantitative estimate of drug-likeness (QED) is 0.629. The van der Waals surface area contributed by atoms with Gasteiger partial charge in [-0.2, -0.15) is 5.26 Å². The topological polar surface area (TPSA) is 58.7 Å². The molecule has 3 rings (SSSR count). The minimum absolute atomic E-state index is 0.0458. The number of hydrogen-bond acceptors (Lipinski definition) is 4. The fourth-order valence-electron chi connectivity index (χ4n) is 2.29. The summed E-state index contributed by atoms with van der Waals surface area (Å²) in [5, 5.41) is 10.7. The van der Waals surface area contributed by atoms with E-state index in [0.717, 1.165) is 4.90 Å². The third-order valence-electron chi connectivity index (χ3n) is 3.42. The lowest BCUT2D eigenvalue weighted by Gasteiger charge is -2.11. The Labute approximate surface area is 152 Å². The molecule has 24 heavy (non-hydrogen) atoms. The standard InChI is InChI=1S/C17H11Cl2N3OS/c18-11-5-6-13(19)15(9-11)24-10-16-21-14-4-2-1-3-12(14)17(23)22(16)8-7-20/h1-6,9H,8,10H2. The fourth-order valence-corrected chi connectivity index (χ4v) is 3.73. The zero-order chi connectivity index (χ0) is 17.1. The number of benzene rings is 2. The molecule has 2 aromatic carbocycles. The molecule has 0 N–H and O–H groups in total. The Morgan fingerprint density at radius 2 is 2.00 bits per heavy atom. The van der Waals surface area contributed by atoms with Crippen molar-refractivity contribution in [1.82, 2.24) is 9.55 Å². The van der Waals surface area contributed by atoms with Crippen molar-refractivity contribution < 1.29 is 0 Å². The van der Waals surface area contributed by atoms with Crippen LogP contribution in [0.5, 0.6) is 0 Å². The first kappa shape index (κ1) is 16.8. The molecule has 0 spiro atoms. The minimum Gasteiger partial charge on any atom is -0.281 e. The molecule has 0 fully saturated rings. The van der Waals surface area contributed by atoms with Crippen molar-refractivity contribution in [3.8, 4) is 6.07 Å². The van der Waals surface area contributed by atoms with Gasteiger partial charge in [-0.3, -0.25) is 9.36 Å². The number of aromatic nitrogens is 2. The Morgan fingerprint density at radius 1 is 1.21 bits per heavy atom. The minimum atomic E-state index is -0.213. The monoisotopic (exact) mass is 375 g/mol. The highest BCUT2D eigenvalue weighted by molar-refractivity contribution is 7.98. The van der Waals surface area contributed by atoms with Crippen molar-refractivity contribution in [3.05, 3.63) is 68.7 Å². The molecule has 3 aromatic rings. The van der Waals surface area contributed by atoms with Gasteiger partial charge in [-0.1, -0.05) is 35.3 Å². The normalized spacial score (nSPS) is 10.7. The number of hydrogen-bond donors (Lipinski definition) is 0. The Kier molecular flexibility index (Phi) is 5.10. The van der Waals surface area contributed by atoms with Gasteiger partial charge in [0.05, 0.1) is 27.7 Å². The molecule has 7 heteroatoms. The molecule has 0 saturated heterocycles. The molecule has 120 valence electrons. The molecule has 0 aliphatic heterocycles. The van der Waals surface area contributed by atoms with Crippen molar-refractivity contribution in [2.75, 3.05) is 0 Å². The van der Waals surface area contributed by atoms with Crippen molar-refractivity contribution in [1.29, 1.82) is 5.26 Å². The van der Waals surface area contributed by atoms with E-state index in [4.69, 9.17) is 28.5 Å². The molecule has 0 aliphatic carbocycles. The molecule has 0 radical (unpaired) electrons. The highest BCUT2D eigenvalue weighted by Gasteiger charge is 2.12. The summed E-state index contributed by atoms with van der Waals surface area (Å²) in [6.07, 6.45) is 0. The van der Waals surface area contributed by atoms with Crippen LogP contribution < -0.4 is 5.56 Å². The van der Waals surface area contributed by atoms with Crippen LogP contribution in [0.15, 0.2) is 52.2 Å². The second-order valence-corrected chi connectivity index (χ2v) is 6.82. The van der Waals surface area contributed by atoms with Crippen LogP contribution >= 0.6 is 35.0 Å². The lowest BCUT2D eigenvalue weighted by molar-refractivity contribution is 0.730. The van der Waals surface area contributed by atoms with Gasteiger partial charge in [0.25, 0.3) is 5.56 Å². The predicted molar refractivity (Wildman–Crippen MR) is 97.6 cm³/mol. The van der Waals surface area contributed by atoms with Crippen LogP contribution in [0.2, 0.25) is 10.0 Å². The second kappa shape index (κ2) is 7.27. The Bertz CT molecular complexity index is 1010. The van der Waals surface area contributed by atoms with E-state index >= 15 is 0 Å². The molecule has 0 saturated carbocycles. The molecule has 1 aromatic heterocycles. The van der Waals surface area contributed by atoms with Crippen LogP contribution in [0.1, 0.15) is 5.82 Å². The number of halogens is 2. The molecular formula is C17H11Cl2N3OS. The van der Waals surface area contributed by atoms with Crippen molar-refractivity contribution in [2.24, 2.45) is 0 Å². The summed E-state index contributed by atoms with van der Waals surface area (Å²) >= 11 is 13.6. The first-order valence-corrected chi connectivity index (χ1v) is 8.77. The van der Waals surface area contributed by atoms with Crippen molar-refractivity contribution in [3.63, 3.8) is 0 Å². The van der Waals surface area contributed by atoms with E-state index in [1.165, 1.54) is 16.3 Å². The average molecular weight is 376 g/mol. The highest BCUT2D eigenvalue weighted by Crippen LogP contribution is 2.31. The second-order valence-electron chi connectivity index (χ2n) is 4.96. The summed E-state index contributed by atoms with van der Waals surface area (Å²) in [6.45, 7) is -0.0458. The Hall–Kier alpha value is -2.00. The van der Waals surface area contributed by atoms with Crippen molar-refractivity contribution >= 4 is 45.9 Å². The summed E-state index contributed by atoms with van der Waals surface area (Å²) in [5.74, 6) is 0.934. The maximum Gasteiger partial charge on any atom is 0.262 e. The summed E-state index contributed by atoms with van der Waals surface area (Å²) in [6, 6.07) is 14.3. The number of para-hydroxylation sites is 1. The van der Waals surface area contributed by atoms with Crippen LogP contribution in [0.3, 0.4) is 0 Å². The van der Waals surface area contributed by atoms with Gasteiger partial charge in [-0.25, -0.2) is 4.98 Å². The van der Waals surface area contributed by atoms with Gasteiger partial charge in [-0.15, -0.1) is 11.8 Å². The van der Waals surface area contributed by atoms with Gasteiger partial charge in [-0.05, 0) is 30.3 Å².